The zero-order chi connectivity index (χ0) is 26.8. The van der Waals surface area contributed by atoms with Gasteiger partial charge >= 0.3 is 0 Å². The summed E-state index contributed by atoms with van der Waals surface area (Å²) in [6.45, 7) is 6.57. The number of hydrogen-bond acceptors (Lipinski definition) is 7. The Morgan fingerprint density at radius 2 is 1.86 bits per heavy atom. The molecule has 0 radical (unpaired) electrons. The number of nitrogens with zero attached hydrogens (tertiary/aromatic N) is 2. The maximum atomic E-state index is 13.1. The smallest absolute Gasteiger partial charge is 0.294 e. The lowest BCUT2D eigenvalue weighted by atomic mass is 10.1. The topological polar surface area (TPSA) is 85.3 Å². The second-order valence-corrected chi connectivity index (χ2v) is 12.8. The highest BCUT2D eigenvalue weighted by atomic mass is 35.5. The zero-order valence-corrected chi connectivity index (χ0v) is 24.1. The van der Waals surface area contributed by atoms with Gasteiger partial charge in [-0.05, 0) is 54.1 Å². The molecule has 1 aromatic carbocycles. The van der Waals surface area contributed by atoms with Gasteiger partial charge in [0.2, 0.25) is 0 Å². The summed E-state index contributed by atoms with van der Waals surface area (Å²) in [5.74, 6) is 0.845. The van der Waals surface area contributed by atoms with E-state index >= 15 is 0 Å². The predicted octanol–water partition coefficient (Wildman–Crippen LogP) is 7.00. The van der Waals surface area contributed by atoms with Crippen molar-refractivity contribution in [1.82, 2.24) is 4.90 Å². The molecule has 1 amide bonds. The first-order valence-electron chi connectivity index (χ1n) is 12.0. The summed E-state index contributed by atoms with van der Waals surface area (Å²) >= 11 is 7.80. The fraction of sp³-hybridized carbons (Fsp3) is 0.385. The van der Waals surface area contributed by atoms with Crippen molar-refractivity contribution in [1.29, 1.82) is 0 Å². The van der Waals surface area contributed by atoms with Crippen molar-refractivity contribution in [3.8, 4) is 11.5 Å². The minimum atomic E-state index is -4.02. The monoisotopic (exact) mass is 582 g/mol. The van der Waals surface area contributed by atoms with E-state index in [1.807, 2.05) is 12.1 Å². The van der Waals surface area contributed by atoms with Gasteiger partial charge in [0, 0.05) is 6.54 Å². The number of benzene rings is 1. The van der Waals surface area contributed by atoms with Crippen LogP contribution in [-0.2, 0) is 14.8 Å². The number of ether oxygens (including phenoxy) is 2. The molecular weight excluding hydrogens is 552 g/mol. The van der Waals surface area contributed by atoms with E-state index in [-0.39, 0.29) is 21.8 Å². The Kier molecular flexibility index (Phi) is 11.1. The summed E-state index contributed by atoms with van der Waals surface area (Å²) in [6.07, 6.45) is 10.2. The van der Waals surface area contributed by atoms with Gasteiger partial charge < -0.3 is 9.47 Å². The Bertz CT molecular complexity index is 1270. The highest BCUT2D eigenvalue weighted by Crippen LogP contribution is 2.36. The molecule has 1 saturated heterocycles. The van der Waals surface area contributed by atoms with Crippen LogP contribution >= 0.6 is 34.7 Å². The number of thioether (sulfide) groups is 1. The van der Waals surface area contributed by atoms with Crippen molar-refractivity contribution in [3.05, 3.63) is 57.8 Å². The Morgan fingerprint density at radius 1 is 1.11 bits per heavy atom. The van der Waals surface area contributed by atoms with Gasteiger partial charge in [-0.2, -0.15) is 8.42 Å². The van der Waals surface area contributed by atoms with E-state index in [4.69, 9.17) is 21.1 Å². The minimum absolute atomic E-state index is 0.0105. The molecule has 37 heavy (non-hydrogen) atoms. The predicted molar refractivity (Wildman–Crippen MR) is 153 cm³/mol. The molecule has 0 bridgehead atoms. The lowest BCUT2D eigenvalue weighted by Gasteiger charge is -2.12. The van der Waals surface area contributed by atoms with Crippen molar-refractivity contribution < 1.29 is 22.7 Å². The van der Waals surface area contributed by atoms with Crippen LogP contribution in [-0.4, -0.2) is 44.7 Å². The quantitative estimate of drug-likeness (QED) is 0.135. The number of amides is 1. The maximum Gasteiger partial charge on any atom is 0.294 e. The standard InChI is InChI=1S/C26H31ClN2O5S3/c1-4-6-7-8-9-10-16-34-21-17-19(11-12-20(21)33-3)18-22-25(30)29(15-5-2)26(35-22)28-37(31,32)24-14-13-23(27)36-24/h5,11-14,17-18H,2,4,6-10,15-16H2,1,3H3. The van der Waals surface area contributed by atoms with Crippen LogP contribution < -0.4 is 9.47 Å². The molecule has 0 spiro atoms. The van der Waals surface area contributed by atoms with Crippen LogP contribution in [0.3, 0.4) is 0 Å². The van der Waals surface area contributed by atoms with Crippen molar-refractivity contribution in [2.45, 2.75) is 49.7 Å². The highest BCUT2D eigenvalue weighted by molar-refractivity contribution is 8.19. The maximum absolute atomic E-state index is 13.1. The van der Waals surface area contributed by atoms with Crippen molar-refractivity contribution in [2.24, 2.45) is 4.40 Å². The number of halogens is 1. The fourth-order valence-electron chi connectivity index (χ4n) is 3.56. The van der Waals surface area contributed by atoms with E-state index in [9.17, 15) is 13.2 Å². The highest BCUT2D eigenvalue weighted by Gasteiger charge is 2.34. The molecule has 7 nitrogen and oxygen atoms in total. The van der Waals surface area contributed by atoms with E-state index in [0.29, 0.717) is 27.3 Å². The number of methoxy groups -OCH3 is 1. The van der Waals surface area contributed by atoms with E-state index in [0.717, 1.165) is 41.5 Å². The number of carbonyl (C=O) groups excluding carboxylic acids is 1. The normalized spacial score (nSPS) is 16.1. The first-order chi connectivity index (χ1) is 17.8. The first kappa shape index (κ1) is 29.3. The number of amidine groups is 1. The third-order valence-corrected chi connectivity index (χ3v) is 9.53. The van der Waals surface area contributed by atoms with Gasteiger partial charge in [-0.25, -0.2) is 0 Å². The summed E-state index contributed by atoms with van der Waals surface area (Å²) in [6, 6.07) is 8.30. The average Bonchev–Trinajstić information content (AvgIpc) is 3.43. The molecule has 1 aromatic heterocycles. The molecule has 0 saturated carbocycles. The molecular formula is C26H31ClN2O5S3. The summed E-state index contributed by atoms with van der Waals surface area (Å²) in [4.78, 5) is 14.7. The summed E-state index contributed by atoms with van der Waals surface area (Å²) in [5.41, 5.74) is 0.724. The van der Waals surface area contributed by atoms with Gasteiger partial charge in [-0.15, -0.1) is 22.3 Å². The second kappa shape index (κ2) is 14.0. The summed E-state index contributed by atoms with van der Waals surface area (Å²) in [7, 11) is -2.44. The molecule has 0 N–H and O–H groups in total. The number of rotatable bonds is 14. The molecule has 2 heterocycles. The van der Waals surface area contributed by atoms with Crippen molar-refractivity contribution >= 4 is 61.9 Å². The van der Waals surface area contributed by atoms with Gasteiger partial charge in [0.25, 0.3) is 15.9 Å². The van der Waals surface area contributed by atoms with Gasteiger partial charge in [0.15, 0.2) is 16.7 Å². The summed E-state index contributed by atoms with van der Waals surface area (Å²) in [5, 5.41) is 0.0636. The van der Waals surface area contributed by atoms with Gasteiger partial charge in [0.1, 0.15) is 4.21 Å². The molecule has 11 heteroatoms. The molecule has 1 fully saturated rings. The molecule has 3 rings (SSSR count). The number of hydrogen-bond donors (Lipinski definition) is 0. The van der Waals surface area contributed by atoms with Crippen molar-refractivity contribution in [3.63, 3.8) is 0 Å². The zero-order valence-electron chi connectivity index (χ0n) is 20.9. The Balaban J connectivity index is 1.79. The van der Waals surface area contributed by atoms with Gasteiger partial charge in [-0.3, -0.25) is 9.69 Å². The SMILES string of the molecule is C=CCN1C(=O)C(=Cc2ccc(OC)c(OCCCCCCCC)c2)SC1=NS(=O)(=O)c1ccc(Cl)s1. The second-order valence-electron chi connectivity index (χ2n) is 8.25. The molecule has 1 aliphatic heterocycles. The van der Waals surface area contributed by atoms with Crippen LogP contribution in [0.15, 0.2) is 56.5 Å². The third-order valence-electron chi connectivity index (χ3n) is 5.44. The molecule has 1 aliphatic rings. The lowest BCUT2D eigenvalue weighted by molar-refractivity contribution is -0.121. The van der Waals surface area contributed by atoms with Crippen LogP contribution in [0.4, 0.5) is 0 Å². The van der Waals surface area contributed by atoms with Crippen LogP contribution in [0.2, 0.25) is 4.34 Å². The number of sulfonamides is 1. The van der Waals surface area contributed by atoms with E-state index in [1.54, 1.807) is 19.3 Å². The fourth-order valence-corrected chi connectivity index (χ4v) is 7.21. The van der Waals surface area contributed by atoms with E-state index < -0.39 is 10.0 Å². The van der Waals surface area contributed by atoms with Gasteiger partial charge in [0.05, 0.1) is 23.0 Å². The Morgan fingerprint density at radius 3 is 2.54 bits per heavy atom. The largest absolute Gasteiger partial charge is 0.493 e. The average molecular weight is 583 g/mol. The summed E-state index contributed by atoms with van der Waals surface area (Å²) < 4.78 is 41.2. The van der Waals surface area contributed by atoms with Crippen LogP contribution in [0.1, 0.15) is 51.0 Å². The Hall–Kier alpha value is -2.27. The van der Waals surface area contributed by atoms with Crippen molar-refractivity contribution in [2.75, 3.05) is 20.3 Å². The third kappa shape index (κ3) is 8.10. The molecule has 200 valence electrons. The molecule has 0 aliphatic carbocycles. The van der Waals surface area contributed by atoms with E-state index in [2.05, 4.69) is 17.9 Å². The van der Waals surface area contributed by atoms with Crippen LogP contribution in [0, 0.1) is 0 Å². The number of carbonyl (C=O) groups is 1. The minimum Gasteiger partial charge on any atom is -0.493 e. The number of thiophene rings is 1. The van der Waals surface area contributed by atoms with Crippen LogP contribution in [0.25, 0.3) is 6.08 Å². The first-order valence-corrected chi connectivity index (χ1v) is 15.5. The van der Waals surface area contributed by atoms with Crippen LogP contribution in [0.5, 0.6) is 11.5 Å². The number of unbranched alkanes of at least 4 members (excludes halogenated alkanes) is 5. The molecule has 0 atom stereocenters. The molecule has 2 aromatic rings. The molecule has 0 unspecified atom stereocenters. The Labute approximate surface area is 232 Å². The van der Waals surface area contributed by atoms with Gasteiger partial charge in [-0.1, -0.05) is 62.8 Å². The van der Waals surface area contributed by atoms with E-state index in [1.165, 1.54) is 48.8 Å². The lowest BCUT2D eigenvalue weighted by Crippen LogP contribution is -2.29.